The van der Waals surface area contributed by atoms with Crippen LogP contribution in [-0.4, -0.2) is 36.7 Å². The van der Waals surface area contributed by atoms with Gasteiger partial charge in [-0.25, -0.2) is 0 Å². The summed E-state index contributed by atoms with van der Waals surface area (Å²) in [6.07, 6.45) is 2.22. The van der Waals surface area contributed by atoms with E-state index in [0.717, 1.165) is 17.6 Å². The summed E-state index contributed by atoms with van der Waals surface area (Å²) < 4.78 is 16.4. The molecule has 0 amide bonds. The lowest BCUT2D eigenvalue weighted by molar-refractivity contribution is -0.149. The third kappa shape index (κ3) is 4.16. The molecule has 0 atom stereocenters. The topological polar surface area (TPSA) is 77.6 Å². The normalized spacial score (nSPS) is 15.3. The molecule has 0 saturated heterocycles. The van der Waals surface area contributed by atoms with Gasteiger partial charge >= 0.3 is 11.9 Å². The number of hydrogen-bond acceptors (Lipinski definition) is 5. The number of aromatic nitrogens is 1. The van der Waals surface area contributed by atoms with Crippen molar-refractivity contribution < 1.29 is 23.8 Å². The van der Waals surface area contributed by atoms with Crippen LogP contribution in [-0.2, 0) is 35.8 Å². The summed E-state index contributed by atoms with van der Waals surface area (Å²) in [7, 11) is 0. The van der Waals surface area contributed by atoms with Crippen LogP contribution in [0.15, 0.2) is 24.3 Å². The highest BCUT2D eigenvalue weighted by molar-refractivity contribution is 5.85. The van der Waals surface area contributed by atoms with Gasteiger partial charge < -0.3 is 19.2 Å². The zero-order chi connectivity index (χ0) is 19.3. The molecular formula is C21H27NO5. The molecule has 146 valence electrons. The Hall–Kier alpha value is -2.34. The smallest absolute Gasteiger partial charge is 0.305 e. The van der Waals surface area contributed by atoms with Gasteiger partial charge in [0.25, 0.3) is 0 Å². The van der Waals surface area contributed by atoms with Gasteiger partial charge in [0.1, 0.15) is 5.60 Å². The molecule has 1 aliphatic heterocycles. The lowest BCUT2D eigenvalue weighted by Gasteiger charge is -2.37. The molecule has 27 heavy (non-hydrogen) atoms. The SMILES string of the molecule is CCOC(=O)CCC1(CCC(=O)OCC)OCCc2c1[nH]c1ccccc21. The van der Waals surface area contributed by atoms with Crippen molar-refractivity contribution in [3.8, 4) is 0 Å². The van der Waals surface area contributed by atoms with Gasteiger partial charge in [0.2, 0.25) is 0 Å². The second-order valence-corrected chi connectivity index (χ2v) is 6.73. The number of aromatic amines is 1. The Morgan fingerprint density at radius 2 is 1.70 bits per heavy atom. The Balaban J connectivity index is 1.92. The molecule has 1 aromatic heterocycles. The number of rotatable bonds is 8. The molecule has 0 spiro atoms. The summed E-state index contributed by atoms with van der Waals surface area (Å²) >= 11 is 0. The van der Waals surface area contributed by atoms with E-state index >= 15 is 0 Å². The number of carbonyl (C=O) groups is 2. The second kappa shape index (κ2) is 8.57. The third-order valence-electron chi connectivity index (χ3n) is 5.08. The number of esters is 2. The first-order valence-electron chi connectivity index (χ1n) is 9.65. The number of para-hydroxylation sites is 1. The maximum absolute atomic E-state index is 12.0. The standard InChI is InChI=1S/C21H27NO5/c1-3-25-18(23)9-12-21(13-10-19(24)26-4-2)20-16(11-14-27-21)15-7-5-6-8-17(15)22-20/h5-8,22H,3-4,9-14H2,1-2H3. The molecule has 0 bridgehead atoms. The molecule has 0 saturated carbocycles. The zero-order valence-electron chi connectivity index (χ0n) is 16.0. The molecule has 0 aliphatic carbocycles. The van der Waals surface area contributed by atoms with Crippen LogP contribution < -0.4 is 0 Å². The van der Waals surface area contributed by atoms with E-state index in [-0.39, 0.29) is 24.8 Å². The monoisotopic (exact) mass is 373 g/mol. The Kier molecular flexibility index (Phi) is 6.16. The minimum atomic E-state index is -0.716. The predicted molar refractivity (Wildman–Crippen MR) is 101 cm³/mol. The van der Waals surface area contributed by atoms with Crippen molar-refractivity contribution in [3.05, 3.63) is 35.5 Å². The van der Waals surface area contributed by atoms with Crippen LogP contribution in [0.3, 0.4) is 0 Å². The quantitative estimate of drug-likeness (QED) is 0.715. The van der Waals surface area contributed by atoms with Crippen molar-refractivity contribution in [3.63, 3.8) is 0 Å². The average Bonchev–Trinajstić information content (AvgIpc) is 3.05. The van der Waals surface area contributed by atoms with E-state index in [0.29, 0.717) is 32.7 Å². The summed E-state index contributed by atoms with van der Waals surface area (Å²) in [5.41, 5.74) is 2.52. The van der Waals surface area contributed by atoms with E-state index in [4.69, 9.17) is 14.2 Å². The second-order valence-electron chi connectivity index (χ2n) is 6.73. The van der Waals surface area contributed by atoms with E-state index in [2.05, 4.69) is 11.1 Å². The van der Waals surface area contributed by atoms with Crippen LogP contribution in [0.2, 0.25) is 0 Å². The van der Waals surface area contributed by atoms with Crippen molar-refractivity contribution in [1.29, 1.82) is 0 Å². The maximum Gasteiger partial charge on any atom is 0.305 e. The fraction of sp³-hybridized carbons (Fsp3) is 0.524. The Labute approximate surface area is 159 Å². The first kappa shape index (κ1) is 19.4. The fourth-order valence-corrected chi connectivity index (χ4v) is 3.86. The number of fused-ring (bicyclic) bond motifs is 3. The van der Waals surface area contributed by atoms with Crippen LogP contribution in [0.1, 0.15) is 50.8 Å². The lowest BCUT2D eigenvalue weighted by Crippen LogP contribution is -2.37. The van der Waals surface area contributed by atoms with Gasteiger partial charge in [-0.05, 0) is 44.7 Å². The molecule has 1 aromatic carbocycles. The molecule has 0 unspecified atom stereocenters. The van der Waals surface area contributed by atoms with Gasteiger partial charge in [0.05, 0.1) is 25.5 Å². The molecule has 6 heteroatoms. The van der Waals surface area contributed by atoms with Crippen LogP contribution in [0, 0.1) is 0 Å². The number of nitrogens with one attached hydrogen (secondary N) is 1. The first-order chi connectivity index (χ1) is 13.1. The third-order valence-corrected chi connectivity index (χ3v) is 5.08. The van der Waals surface area contributed by atoms with Gasteiger partial charge in [-0.1, -0.05) is 18.2 Å². The van der Waals surface area contributed by atoms with E-state index in [1.807, 2.05) is 18.2 Å². The Morgan fingerprint density at radius 1 is 1.07 bits per heavy atom. The van der Waals surface area contributed by atoms with Crippen molar-refractivity contribution in [2.24, 2.45) is 0 Å². The van der Waals surface area contributed by atoms with E-state index < -0.39 is 5.60 Å². The number of H-pyrrole nitrogens is 1. The molecular weight excluding hydrogens is 346 g/mol. The van der Waals surface area contributed by atoms with Crippen LogP contribution >= 0.6 is 0 Å². The molecule has 2 heterocycles. The molecule has 3 rings (SSSR count). The molecule has 2 aromatic rings. The average molecular weight is 373 g/mol. The van der Waals surface area contributed by atoms with Crippen molar-refractivity contribution in [1.82, 2.24) is 4.98 Å². The highest BCUT2D eigenvalue weighted by Gasteiger charge is 2.41. The largest absolute Gasteiger partial charge is 0.466 e. The predicted octanol–water partition coefficient (Wildman–Crippen LogP) is 3.62. The lowest BCUT2D eigenvalue weighted by atomic mass is 9.83. The molecule has 6 nitrogen and oxygen atoms in total. The summed E-state index contributed by atoms with van der Waals surface area (Å²) in [4.78, 5) is 27.4. The van der Waals surface area contributed by atoms with Gasteiger partial charge in [-0.2, -0.15) is 0 Å². The van der Waals surface area contributed by atoms with Gasteiger partial charge in [0.15, 0.2) is 0 Å². The number of benzene rings is 1. The van der Waals surface area contributed by atoms with E-state index in [1.54, 1.807) is 13.8 Å². The summed E-state index contributed by atoms with van der Waals surface area (Å²) in [5.74, 6) is -0.500. The molecule has 0 fully saturated rings. The Morgan fingerprint density at radius 3 is 2.33 bits per heavy atom. The Bertz CT molecular complexity index is 788. The summed E-state index contributed by atoms with van der Waals surface area (Å²) in [5, 5.41) is 1.17. The van der Waals surface area contributed by atoms with Crippen LogP contribution in [0.5, 0.6) is 0 Å². The molecule has 0 radical (unpaired) electrons. The van der Waals surface area contributed by atoms with Crippen LogP contribution in [0.25, 0.3) is 10.9 Å². The van der Waals surface area contributed by atoms with E-state index in [9.17, 15) is 9.59 Å². The fourth-order valence-electron chi connectivity index (χ4n) is 3.86. The zero-order valence-corrected chi connectivity index (χ0v) is 16.0. The van der Waals surface area contributed by atoms with Crippen molar-refractivity contribution >= 4 is 22.8 Å². The molecule has 1 N–H and O–H groups in total. The van der Waals surface area contributed by atoms with E-state index in [1.165, 1.54) is 10.9 Å². The maximum atomic E-state index is 12.0. The highest BCUT2D eigenvalue weighted by atomic mass is 16.5. The van der Waals surface area contributed by atoms with Gasteiger partial charge in [0, 0.05) is 23.7 Å². The minimum absolute atomic E-state index is 0.242. The number of ether oxygens (including phenoxy) is 3. The van der Waals surface area contributed by atoms with Crippen LogP contribution in [0.4, 0.5) is 0 Å². The number of hydrogen-bond donors (Lipinski definition) is 1. The number of carbonyl (C=O) groups excluding carboxylic acids is 2. The van der Waals surface area contributed by atoms with Gasteiger partial charge in [-0.15, -0.1) is 0 Å². The summed E-state index contributed by atoms with van der Waals surface area (Å²) in [6.45, 7) is 4.85. The van der Waals surface area contributed by atoms with Crippen molar-refractivity contribution in [2.45, 2.75) is 51.6 Å². The minimum Gasteiger partial charge on any atom is -0.466 e. The van der Waals surface area contributed by atoms with Crippen molar-refractivity contribution in [2.75, 3.05) is 19.8 Å². The first-order valence-corrected chi connectivity index (χ1v) is 9.65. The van der Waals surface area contributed by atoms with Gasteiger partial charge in [-0.3, -0.25) is 9.59 Å². The highest BCUT2D eigenvalue weighted by Crippen LogP contribution is 2.43. The summed E-state index contributed by atoms with van der Waals surface area (Å²) in [6, 6.07) is 8.14. The molecule has 1 aliphatic rings.